The number of halogens is 2. The molecule has 0 amide bonds. The molecule has 0 N–H and O–H groups in total. The predicted octanol–water partition coefficient (Wildman–Crippen LogP) is 4.26. The molecular formula is C17H27I2NO2. The van der Waals surface area contributed by atoms with Crippen LogP contribution in [-0.4, -0.2) is 38.0 Å². The maximum absolute atomic E-state index is 12.9. The van der Waals surface area contributed by atoms with E-state index in [4.69, 9.17) is 4.74 Å². The zero-order chi connectivity index (χ0) is 16.5. The molecule has 7 atom stereocenters. The van der Waals surface area contributed by atoms with Gasteiger partial charge in [0.1, 0.15) is 9.02 Å². The normalized spacial score (nSPS) is 46.8. The maximum Gasteiger partial charge on any atom is 0.324 e. The predicted molar refractivity (Wildman–Crippen MR) is 105 cm³/mol. The molecule has 3 rings (SSSR count). The molecule has 126 valence electrons. The van der Waals surface area contributed by atoms with E-state index in [1.165, 1.54) is 25.7 Å². The molecule has 3 fully saturated rings. The second-order valence-corrected chi connectivity index (χ2v) is 11.9. The van der Waals surface area contributed by atoms with Gasteiger partial charge in [-0.25, -0.2) is 0 Å². The highest BCUT2D eigenvalue weighted by Crippen LogP contribution is 2.76. The van der Waals surface area contributed by atoms with Gasteiger partial charge in [-0.15, -0.1) is 0 Å². The fourth-order valence-corrected chi connectivity index (χ4v) is 6.21. The topological polar surface area (TPSA) is 29.5 Å². The molecule has 0 aromatic heterocycles. The summed E-state index contributed by atoms with van der Waals surface area (Å²) >= 11 is 4.62. The molecule has 1 spiro atoms. The maximum atomic E-state index is 12.9. The van der Waals surface area contributed by atoms with Crippen LogP contribution in [-0.2, 0) is 9.53 Å². The summed E-state index contributed by atoms with van der Waals surface area (Å²) < 4.78 is 5.87. The van der Waals surface area contributed by atoms with Crippen LogP contribution in [0.2, 0.25) is 0 Å². The number of hydrogen-bond acceptors (Lipinski definition) is 3. The number of esters is 1. The van der Waals surface area contributed by atoms with Gasteiger partial charge in [0.25, 0.3) is 0 Å². The van der Waals surface area contributed by atoms with E-state index in [9.17, 15) is 4.79 Å². The van der Waals surface area contributed by atoms with Crippen molar-refractivity contribution < 1.29 is 9.53 Å². The van der Waals surface area contributed by atoms with Gasteiger partial charge in [-0.05, 0) is 70.9 Å². The first-order valence-corrected chi connectivity index (χ1v) is 10.6. The van der Waals surface area contributed by atoms with E-state index in [2.05, 4.69) is 63.9 Å². The zero-order valence-electron chi connectivity index (χ0n) is 14.2. The van der Waals surface area contributed by atoms with Crippen molar-refractivity contribution in [2.75, 3.05) is 14.1 Å². The Morgan fingerprint density at radius 3 is 2.59 bits per heavy atom. The number of carbonyl (C=O) groups is 1. The lowest BCUT2D eigenvalue weighted by Gasteiger charge is -2.40. The van der Waals surface area contributed by atoms with Crippen LogP contribution in [0.4, 0.5) is 0 Å². The smallest absolute Gasteiger partial charge is 0.324 e. The number of rotatable bonds is 4. The average Bonchev–Trinajstić information content (AvgIpc) is 3.05. The van der Waals surface area contributed by atoms with Crippen LogP contribution in [0, 0.1) is 23.2 Å². The molecule has 0 radical (unpaired) electrons. The quantitative estimate of drug-likeness (QED) is 0.235. The van der Waals surface area contributed by atoms with Crippen LogP contribution in [0.1, 0.15) is 46.5 Å². The first-order chi connectivity index (χ1) is 10.0. The number of alkyl halides is 2. The summed E-state index contributed by atoms with van der Waals surface area (Å²) in [6, 6.07) is 0. The number of nitrogens with zero attached hydrogens (tertiary/aromatic N) is 1. The molecule has 3 aliphatic carbocycles. The van der Waals surface area contributed by atoms with E-state index in [1.54, 1.807) is 0 Å². The molecule has 2 bridgehead atoms. The monoisotopic (exact) mass is 531 g/mol. The van der Waals surface area contributed by atoms with Crippen molar-refractivity contribution in [2.24, 2.45) is 23.2 Å². The minimum absolute atomic E-state index is 0.0362. The van der Waals surface area contributed by atoms with Crippen molar-refractivity contribution in [2.45, 2.75) is 59.5 Å². The number of hydrogen-bond donors (Lipinski definition) is 0. The summed E-state index contributed by atoms with van der Waals surface area (Å²) in [7, 11) is 4.03. The van der Waals surface area contributed by atoms with Gasteiger partial charge in [0.05, 0.1) is 4.05 Å². The van der Waals surface area contributed by atoms with Crippen LogP contribution < -0.4 is 0 Å². The summed E-state index contributed by atoms with van der Waals surface area (Å²) in [5.74, 6) is 1.93. The van der Waals surface area contributed by atoms with Gasteiger partial charge in [0, 0.05) is 5.92 Å². The third-order valence-electron chi connectivity index (χ3n) is 6.40. The van der Waals surface area contributed by atoms with Gasteiger partial charge in [-0.2, -0.15) is 0 Å². The molecular weight excluding hydrogens is 504 g/mol. The second-order valence-electron chi connectivity index (χ2n) is 8.51. The summed E-state index contributed by atoms with van der Waals surface area (Å²) in [6.45, 7) is 6.59. The second kappa shape index (κ2) is 5.44. The first kappa shape index (κ1) is 17.7. The van der Waals surface area contributed by atoms with Crippen LogP contribution >= 0.6 is 45.2 Å². The summed E-state index contributed by atoms with van der Waals surface area (Å²) in [4.78, 5) is 15.0. The summed E-state index contributed by atoms with van der Waals surface area (Å²) in [5, 5.41) is 0. The molecule has 0 saturated heterocycles. The van der Waals surface area contributed by atoms with Crippen molar-refractivity contribution in [3.63, 3.8) is 0 Å². The molecule has 0 aromatic carbocycles. The molecule has 3 nitrogen and oxygen atoms in total. The van der Waals surface area contributed by atoms with E-state index < -0.39 is 3.42 Å². The lowest BCUT2D eigenvalue weighted by molar-refractivity contribution is -0.167. The third-order valence-corrected chi connectivity index (χ3v) is 11.0. The van der Waals surface area contributed by atoms with Gasteiger partial charge in [-0.1, -0.05) is 52.1 Å². The highest BCUT2D eigenvalue weighted by molar-refractivity contribution is 14.1. The lowest BCUT2D eigenvalue weighted by Crippen LogP contribution is -2.50. The van der Waals surface area contributed by atoms with Gasteiger partial charge < -0.3 is 4.74 Å². The fourth-order valence-electron chi connectivity index (χ4n) is 5.29. The summed E-state index contributed by atoms with van der Waals surface area (Å²) in [6.07, 6.45) is 5.12. The summed E-state index contributed by atoms with van der Waals surface area (Å²) in [5.41, 5.74) is 0.293. The number of fused-ring (bicyclic) bond motifs is 1. The molecule has 7 unspecified atom stereocenters. The van der Waals surface area contributed by atoms with Crippen molar-refractivity contribution in [3.05, 3.63) is 0 Å². The van der Waals surface area contributed by atoms with Crippen LogP contribution in [0.3, 0.4) is 0 Å². The van der Waals surface area contributed by atoms with Crippen LogP contribution in [0.5, 0.6) is 0 Å². The van der Waals surface area contributed by atoms with Gasteiger partial charge in [0.15, 0.2) is 0 Å². The van der Waals surface area contributed by atoms with Crippen molar-refractivity contribution >= 4 is 51.2 Å². The zero-order valence-corrected chi connectivity index (χ0v) is 18.5. The van der Waals surface area contributed by atoms with E-state index in [0.29, 0.717) is 17.3 Å². The molecule has 0 aliphatic heterocycles. The van der Waals surface area contributed by atoms with Crippen LogP contribution in [0.15, 0.2) is 0 Å². The minimum atomic E-state index is -0.519. The SMILES string of the molecule is CC1CC2CC3(C1)CC3C2(C)OC(=O)C(C)(I)C(I)N(C)C. The number of ether oxygens (including phenoxy) is 1. The highest BCUT2D eigenvalue weighted by Gasteiger charge is 2.74. The van der Waals surface area contributed by atoms with Gasteiger partial charge >= 0.3 is 5.97 Å². The first-order valence-electron chi connectivity index (χ1n) is 8.26. The molecule has 0 heterocycles. The van der Waals surface area contributed by atoms with E-state index in [1.807, 2.05) is 21.0 Å². The van der Waals surface area contributed by atoms with E-state index in [-0.39, 0.29) is 15.6 Å². The highest BCUT2D eigenvalue weighted by atomic mass is 127. The third kappa shape index (κ3) is 2.55. The Morgan fingerprint density at radius 2 is 2.00 bits per heavy atom. The van der Waals surface area contributed by atoms with E-state index in [0.717, 1.165) is 5.92 Å². The van der Waals surface area contributed by atoms with Gasteiger partial charge in [-0.3, -0.25) is 9.69 Å². The Labute approximate surface area is 161 Å². The molecule has 3 saturated carbocycles. The molecule has 3 aliphatic rings. The molecule has 5 heteroatoms. The Hall–Kier alpha value is 0.890. The number of carbonyl (C=O) groups excluding carboxylic acids is 1. The van der Waals surface area contributed by atoms with Crippen molar-refractivity contribution in [1.29, 1.82) is 0 Å². The molecule has 0 aromatic rings. The largest absolute Gasteiger partial charge is 0.458 e. The van der Waals surface area contributed by atoms with Crippen molar-refractivity contribution in [1.82, 2.24) is 4.90 Å². The van der Waals surface area contributed by atoms with Crippen LogP contribution in [0.25, 0.3) is 0 Å². The van der Waals surface area contributed by atoms with Gasteiger partial charge in [0.2, 0.25) is 0 Å². The molecule has 22 heavy (non-hydrogen) atoms. The van der Waals surface area contributed by atoms with E-state index >= 15 is 0 Å². The Kier molecular flexibility index (Phi) is 4.38. The lowest BCUT2D eigenvalue weighted by atomic mass is 9.74. The Bertz CT molecular complexity index is 495. The minimum Gasteiger partial charge on any atom is -0.458 e. The van der Waals surface area contributed by atoms with Crippen molar-refractivity contribution in [3.8, 4) is 0 Å². The standard InChI is InChI=1S/C17H27I2NO2/c1-10-6-11-8-17(7-10)9-12(17)16(11,3)22-14(21)15(2,19)13(18)20(4)5/h10-13H,6-9H2,1-5H3. The fraction of sp³-hybridized carbons (Fsp3) is 0.941. The Morgan fingerprint density at radius 1 is 1.36 bits per heavy atom. The Balaban J connectivity index is 1.77. The average molecular weight is 531 g/mol.